The summed E-state index contributed by atoms with van der Waals surface area (Å²) in [5.41, 5.74) is 5.65. The van der Waals surface area contributed by atoms with Gasteiger partial charge in [-0.3, -0.25) is 4.40 Å². The lowest BCUT2D eigenvalue weighted by Gasteiger charge is -2.36. The maximum Gasteiger partial charge on any atom is 0.192 e. The SMILES string of the molecule is CCc1nc2ccc(-c3ccc(N4CCC(NC5CCNCC5)CC4)nc3)cn2c1N(C)c1nc(-c2ccccc2)c(C#N)s1. The Morgan fingerprint density at radius 2 is 1.71 bits per heavy atom. The first-order valence-electron chi connectivity index (χ1n) is 16.0. The van der Waals surface area contributed by atoms with E-state index in [4.69, 9.17) is 15.0 Å². The average molecular weight is 618 g/mol. The molecule has 0 amide bonds. The number of benzene rings is 1. The van der Waals surface area contributed by atoms with Crippen LogP contribution in [0.1, 0.15) is 43.2 Å². The summed E-state index contributed by atoms with van der Waals surface area (Å²) >= 11 is 1.40. The molecule has 0 spiro atoms. The molecule has 6 heterocycles. The van der Waals surface area contributed by atoms with Crippen molar-refractivity contribution in [3.8, 4) is 28.5 Å². The van der Waals surface area contributed by atoms with Crippen LogP contribution in [0.3, 0.4) is 0 Å². The number of pyridine rings is 2. The number of aromatic nitrogens is 4. The monoisotopic (exact) mass is 617 g/mol. The van der Waals surface area contributed by atoms with Crippen LogP contribution in [0.5, 0.6) is 0 Å². The number of anilines is 3. The van der Waals surface area contributed by atoms with Crippen molar-refractivity contribution in [2.24, 2.45) is 0 Å². The second kappa shape index (κ2) is 13.0. The number of nitriles is 1. The molecule has 0 atom stereocenters. The minimum Gasteiger partial charge on any atom is -0.357 e. The van der Waals surface area contributed by atoms with Crippen LogP contribution >= 0.6 is 11.3 Å². The molecule has 2 aliphatic heterocycles. The van der Waals surface area contributed by atoms with Crippen molar-refractivity contribution in [3.05, 3.63) is 77.6 Å². The first-order chi connectivity index (χ1) is 22.1. The van der Waals surface area contributed by atoms with Crippen molar-refractivity contribution in [1.29, 1.82) is 5.26 Å². The minimum atomic E-state index is 0.601. The van der Waals surface area contributed by atoms with E-state index in [-0.39, 0.29) is 0 Å². The molecule has 9 nitrogen and oxygen atoms in total. The average Bonchev–Trinajstić information content (AvgIpc) is 3.71. The Balaban J connectivity index is 1.11. The molecule has 2 N–H and O–H groups in total. The van der Waals surface area contributed by atoms with Gasteiger partial charge in [0, 0.05) is 61.3 Å². The zero-order valence-corrected chi connectivity index (χ0v) is 26.7. The lowest BCUT2D eigenvalue weighted by atomic mass is 10.00. The van der Waals surface area contributed by atoms with Crippen LogP contribution in [-0.2, 0) is 6.42 Å². The van der Waals surface area contributed by atoms with Crippen molar-refractivity contribution in [2.45, 2.75) is 51.1 Å². The summed E-state index contributed by atoms with van der Waals surface area (Å²) in [7, 11) is 2.01. The highest BCUT2D eigenvalue weighted by Crippen LogP contribution is 2.37. The van der Waals surface area contributed by atoms with Crippen molar-refractivity contribution in [1.82, 2.24) is 30.0 Å². The molecule has 2 fully saturated rings. The lowest BCUT2D eigenvalue weighted by molar-refractivity contribution is 0.315. The van der Waals surface area contributed by atoms with Crippen LogP contribution in [0.2, 0.25) is 0 Å². The van der Waals surface area contributed by atoms with E-state index in [1.165, 1.54) is 24.2 Å². The third-order valence-corrected chi connectivity index (χ3v) is 10.1. The van der Waals surface area contributed by atoms with Crippen molar-refractivity contribution < 1.29 is 0 Å². The number of nitrogens with zero attached hydrogens (tertiary/aromatic N) is 7. The molecule has 7 rings (SSSR count). The van der Waals surface area contributed by atoms with Gasteiger partial charge in [0.1, 0.15) is 33.9 Å². The molecule has 1 aromatic carbocycles. The maximum atomic E-state index is 9.89. The van der Waals surface area contributed by atoms with Crippen LogP contribution in [0.25, 0.3) is 28.0 Å². The van der Waals surface area contributed by atoms with Gasteiger partial charge < -0.3 is 20.4 Å². The first kappa shape index (κ1) is 29.4. The highest BCUT2D eigenvalue weighted by molar-refractivity contribution is 7.16. The highest BCUT2D eigenvalue weighted by Gasteiger charge is 2.24. The van der Waals surface area contributed by atoms with Crippen LogP contribution in [0.4, 0.5) is 16.8 Å². The molecule has 2 saturated heterocycles. The predicted octanol–water partition coefficient (Wildman–Crippen LogP) is 6.03. The molecule has 0 aliphatic carbocycles. The first-order valence-corrected chi connectivity index (χ1v) is 16.8. The summed E-state index contributed by atoms with van der Waals surface area (Å²) in [6.45, 7) is 6.43. The van der Waals surface area contributed by atoms with Gasteiger partial charge in [-0.15, -0.1) is 0 Å². The number of hydrogen-bond acceptors (Lipinski definition) is 9. The van der Waals surface area contributed by atoms with Gasteiger partial charge in [0.25, 0.3) is 0 Å². The van der Waals surface area contributed by atoms with Gasteiger partial charge in [0.2, 0.25) is 0 Å². The Hall–Kier alpha value is -4.30. The van der Waals surface area contributed by atoms with Crippen molar-refractivity contribution in [2.75, 3.05) is 43.0 Å². The Labute approximate surface area is 268 Å². The summed E-state index contributed by atoms with van der Waals surface area (Å²) in [6, 6.07) is 22.0. The Bertz CT molecular complexity index is 1790. The molecule has 10 heteroatoms. The van der Waals surface area contributed by atoms with E-state index < -0.39 is 0 Å². The van der Waals surface area contributed by atoms with Crippen LogP contribution < -0.4 is 20.4 Å². The summed E-state index contributed by atoms with van der Waals surface area (Å²) in [6.07, 6.45) is 9.67. The summed E-state index contributed by atoms with van der Waals surface area (Å²) in [4.78, 5) is 19.8. The normalized spacial score (nSPS) is 16.2. The van der Waals surface area contributed by atoms with Gasteiger partial charge in [-0.1, -0.05) is 48.6 Å². The van der Waals surface area contributed by atoms with E-state index in [0.717, 1.165) is 90.2 Å². The summed E-state index contributed by atoms with van der Waals surface area (Å²) in [5.74, 6) is 2.00. The fourth-order valence-electron chi connectivity index (χ4n) is 6.60. The molecular weight excluding hydrogens is 579 g/mol. The fourth-order valence-corrected chi connectivity index (χ4v) is 7.44. The standard InChI is InChI=1S/C35H39N9S/c1-3-29-34(42(2)35-41-33(30(21-36)45-35)24-7-5-4-6-8-24)44-23-26(10-12-32(44)40-29)25-9-11-31(38-22-25)43-19-15-28(16-20-43)39-27-13-17-37-18-14-27/h4-12,22-23,27-28,37,39H,3,13-20H2,1-2H3. The third-order valence-electron chi connectivity index (χ3n) is 9.08. The van der Waals surface area contributed by atoms with E-state index in [2.05, 4.69) is 68.3 Å². The van der Waals surface area contributed by atoms with Gasteiger partial charge in [-0.05, 0) is 69.5 Å². The highest BCUT2D eigenvalue weighted by atomic mass is 32.1. The van der Waals surface area contributed by atoms with E-state index in [1.54, 1.807) is 0 Å². The van der Waals surface area contributed by atoms with Gasteiger partial charge in [0.05, 0.1) is 5.69 Å². The molecule has 0 saturated carbocycles. The van der Waals surface area contributed by atoms with Crippen LogP contribution in [-0.4, -0.2) is 64.7 Å². The van der Waals surface area contributed by atoms with Crippen LogP contribution in [0, 0.1) is 11.3 Å². The van der Waals surface area contributed by atoms with E-state index >= 15 is 0 Å². The molecular formula is C35H39N9S. The third kappa shape index (κ3) is 6.03. The number of hydrogen-bond donors (Lipinski definition) is 2. The molecule has 2 aliphatic rings. The van der Waals surface area contributed by atoms with Crippen LogP contribution in [0.15, 0.2) is 67.0 Å². The lowest BCUT2D eigenvalue weighted by Crippen LogP contribution is -2.49. The number of imidazole rings is 1. The Morgan fingerprint density at radius 3 is 2.42 bits per heavy atom. The van der Waals surface area contributed by atoms with E-state index in [1.807, 2.05) is 43.6 Å². The van der Waals surface area contributed by atoms with Gasteiger partial charge >= 0.3 is 0 Å². The smallest absolute Gasteiger partial charge is 0.192 e. The Kier molecular flexibility index (Phi) is 8.48. The summed E-state index contributed by atoms with van der Waals surface area (Å²) in [5, 5.41) is 18.0. The van der Waals surface area contributed by atoms with Gasteiger partial charge in [-0.25, -0.2) is 15.0 Å². The topological polar surface area (TPSA) is 97.4 Å². The molecule has 230 valence electrons. The van der Waals surface area contributed by atoms with E-state index in [0.29, 0.717) is 22.7 Å². The zero-order chi connectivity index (χ0) is 30.8. The second-order valence-electron chi connectivity index (χ2n) is 11.9. The quantitative estimate of drug-likeness (QED) is 0.218. The Morgan fingerprint density at radius 1 is 0.956 bits per heavy atom. The summed E-state index contributed by atoms with van der Waals surface area (Å²) < 4.78 is 2.14. The molecule has 4 aromatic heterocycles. The molecule has 0 radical (unpaired) electrons. The van der Waals surface area contributed by atoms with Gasteiger partial charge in [0.15, 0.2) is 5.13 Å². The van der Waals surface area contributed by atoms with Crippen molar-refractivity contribution >= 4 is 33.8 Å². The molecule has 0 bridgehead atoms. The number of rotatable bonds is 8. The molecule has 0 unspecified atom stereocenters. The largest absolute Gasteiger partial charge is 0.357 e. The minimum absolute atomic E-state index is 0.601. The second-order valence-corrected chi connectivity index (χ2v) is 12.9. The van der Waals surface area contributed by atoms with Gasteiger partial charge in [-0.2, -0.15) is 5.26 Å². The maximum absolute atomic E-state index is 9.89. The van der Waals surface area contributed by atoms with E-state index in [9.17, 15) is 5.26 Å². The number of nitrogens with one attached hydrogen (secondary N) is 2. The fraction of sp³-hybridized carbons (Fsp3) is 0.371. The predicted molar refractivity (Wildman–Crippen MR) is 182 cm³/mol. The number of thiazole rings is 1. The zero-order valence-electron chi connectivity index (χ0n) is 25.9. The number of aryl methyl sites for hydroxylation is 1. The molecule has 45 heavy (non-hydrogen) atoms. The number of fused-ring (bicyclic) bond motifs is 1. The molecule has 5 aromatic rings. The number of piperidine rings is 2. The van der Waals surface area contributed by atoms with Crippen molar-refractivity contribution in [3.63, 3.8) is 0 Å².